The average Bonchev–Trinajstić information content (AvgIpc) is 3.76. The maximum absolute atomic E-state index is 2.55. The molecule has 8 aromatic carbocycles. The molecule has 0 saturated carbocycles. The van der Waals surface area contributed by atoms with Crippen molar-refractivity contribution in [1.82, 2.24) is 0 Å². The third-order valence-corrected chi connectivity index (χ3v) is 12.7. The van der Waals surface area contributed by atoms with Crippen LogP contribution in [0.2, 0.25) is 0 Å². The molecule has 2 heteroatoms. The van der Waals surface area contributed by atoms with Crippen molar-refractivity contribution < 1.29 is 26.2 Å². The molecule has 8 aromatic rings. The number of fused-ring (bicyclic) bond motifs is 5. The smallest absolute Gasteiger partial charge is 0.121 e. The van der Waals surface area contributed by atoms with Crippen LogP contribution in [0.1, 0.15) is 95.0 Å². The first-order valence-electron chi connectivity index (χ1n) is 20.4. The monoisotopic (exact) mass is 831 g/mol. The Kier molecular flexibility index (Phi) is 12.0. The molecule has 1 atom stereocenters. The zero-order valence-corrected chi connectivity index (χ0v) is 38.0. The molecule has 0 amide bonds. The predicted molar refractivity (Wildman–Crippen MR) is 246 cm³/mol. The Balaban J connectivity index is 0.000000301. The van der Waals surface area contributed by atoms with Crippen LogP contribution in [0.15, 0.2) is 163 Å². The summed E-state index contributed by atoms with van der Waals surface area (Å²) in [5, 5.41) is 10.9. The summed E-state index contributed by atoms with van der Waals surface area (Å²) < 4.78 is 0. The van der Waals surface area contributed by atoms with E-state index in [0.29, 0.717) is 0 Å². The minimum absolute atomic E-state index is 0. The van der Waals surface area contributed by atoms with Gasteiger partial charge in [0.1, 0.15) is 9.52 Å². The van der Waals surface area contributed by atoms with Crippen molar-refractivity contribution in [1.29, 1.82) is 0 Å². The molecule has 0 heterocycles. The van der Waals surface area contributed by atoms with Crippen molar-refractivity contribution >= 4 is 58.3 Å². The van der Waals surface area contributed by atoms with Crippen LogP contribution < -0.4 is 10.4 Å². The van der Waals surface area contributed by atoms with Gasteiger partial charge in [0.25, 0.3) is 0 Å². The molecule has 2 radical (unpaired) electrons. The maximum atomic E-state index is 2.55. The molecule has 1 aliphatic carbocycles. The van der Waals surface area contributed by atoms with E-state index >= 15 is 0 Å². The van der Waals surface area contributed by atoms with E-state index in [0.717, 1.165) is 22.4 Å². The Morgan fingerprint density at radius 3 is 1.86 bits per heavy atom. The predicted octanol–water partition coefficient (Wildman–Crippen LogP) is 13.8. The van der Waals surface area contributed by atoms with Gasteiger partial charge in [-0.05, 0) is 50.3 Å². The van der Waals surface area contributed by atoms with Crippen LogP contribution in [0.3, 0.4) is 0 Å². The number of allylic oxidation sites excluding steroid dienone is 1. The minimum Gasteiger partial charge on any atom is -0.126 e. The minimum atomic E-state index is 0. The summed E-state index contributed by atoms with van der Waals surface area (Å²) in [7, 11) is 0.777. The van der Waals surface area contributed by atoms with E-state index < -0.39 is 0 Å². The molecule has 0 N–H and O–H groups in total. The Labute approximate surface area is 362 Å². The van der Waals surface area contributed by atoms with Crippen LogP contribution in [0, 0.1) is 0 Å². The molecule has 0 bridgehead atoms. The Morgan fingerprint density at radius 1 is 0.579 bits per heavy atom. The molecule has 0 saturated heterocycles. The third kappa shape index (κ3) is 8.28. The van der Waals surface area contributed by atoms with Crippen molar-refractivity contribution in [2.75, 3.05) is 0 Å². The van der Waals surface area contributed by atoms with Crippen molar-refractivity contribution in [2.24, 2.45) is 0 Å². The fraction of sp³-hybridized carbons (Fsp3) is 0.218. The van der Waals surface area contributed by atoms with Crippen LogP contribution in [0.4, 0.5) is 0 Å². The van der Waals surface area contributed by atoms with Crippen LogP contribution >= 0.6 is 0 Å². The molecule has 9 rings (SSSR count). The second-order valence-corrected chi connectivity index (χ2v) is 18.9. The first kappa shape index (κ1) is 40.7. The zero-order chi connectivity index (χ0) is 39.0. The third-order valence-electron chi connectivity index (χ3n) is 11.5. The Morgan fingerprint density at radius 2 is 1.19 bits per heavy atom. The Hall–Kier alpha value is -4.49. The first-order chi connectivity index (χ1) is 27.0. The molecule has 57 heavy (non-hydrogen) atoms. The van der Waals surface area contributed by atoms with Gasteiger partial charge in [-0.15, -0.1) is 33.7 Å². The Bertz CT molecular complexity index is 2640. The van der Waals surface area contributed by atoms with Gasteiger partial charge in [-0.25, -0.2) is 0 Å². The summed E-state index contributed by atoms with van der Waals surface area (Å²) in [6, 6.07) is 58.2. The van der Waals surface area contributed by atoms with Gasteiger partial charge in [0.2, 0.25) is 0 Å². The van der Waals surface area contributed by atoms with Gasteiger partial charge in [0.15, 0.2) is 0 Å². The second kappa shape index (κ2) is 16.8. The standard InChI is InChI=1S/C43H43.C12H10Si.Zr/c1-8-13-28-25-37-34(33-17-11-15-27-14-9-10-16-31(27)33)18-12-19-36(37)40(28)41-38-26-29-24-30(42(2,3)4)20-21-32(29)35(38)22-23-39(41)43(5,6)7;1-3-7-11(8-4-1)13-12-9-5-2-6-10-12;/h9-12,14-26,40H,8,13H2,1-7H3;1-10H;/q-1;;. The van der Waals surface area contributed by atoms with Crippen LogP contribution in [0.25, 0.3) is 49.5 Å². The molecular formula is C55H53SiZr-. The fourth-order valence-electron chi connectivity index (χ4n) is 8.76. The normalized spacial score (nSPS) is 13.9. The number of hydrogen-bond acceptors (Lipinski definition) is 0. The van der Waals surface area contributed by atoms with E-state index in [2.05, 4.69) is 212 Å². The molecule has 0 aliphatic heterocycles. The fourth-order valence-corrected chi connectivity index (χ4v) is 9.81. The van der Waals surface area contributed by atoms with Crippen molar-refractivity contribution in [3.63, 3.8) is 0 Å². The van der Waals surface area contributed by atoms with E-state index in [9.17, 15) is 0 Å². The van der Waals surface area contributed by atoms with Gasteiger partial charge in [0.05, 0.1) is 0 Å². The van der Waals surface area contributed by atoms with Gasteiger partial charge in [-0.1, -0.05) is 239 Å². The quantitative estimate of drug-likeness (QED) is 0.116. The molecule has 0 spiro atoms. The number of hydrogen-bond donors (Lipinski definition) is 0. The maximum Gasteiger partial charge on any atom is 0.121 e. The molecule has 282 valence electrons. The second-order valence-electron chi connectivity index (χ2n) is 17.5. The van der Waals surface area contributed by atoms with E-state index in [1.807, 2.05) is 0 Å². The van der Waals surface area contributed by atoms with Crippen molar-refractivity contribution in [3.8, 4) is 11.1 Å². The van der Waals surface area contributed by atoms with Crippen LogP contribution in [-0.4, -0.2) is 9.52 Å². The molecule has 1 aliphatic rings. The summed E-state index contributed by atoms with van der Waals surface area (Å²) in [5.74, 6) is 0.252. The summed E-state index contributed by atoms with van der Waals surface area (Å²) in [4.78, 5) is 0. The van der Waals surface area contributed by atoms with E-state index in [1.54, 1.807) is 5.57 Å². The molecular weight excluding hydrogens is 780 g/mol. The SMILES string of the molecule is CCCC1=Cc2c(-c3cccc4ccccc34)cccc2C1c1c(C(C)(C)C)ccc2c1[cH-]c1cc(C(C)(C)C)ccc12.[Zr].c1ccc([Si]c2ccccc2)cc1. The van der Waals surface area contributed by atoms with Gasteiger partial charge in [0, 0.05) is 32.1 Å². The topological polar surface area (TPSA) is 0 Å². The van der Waals surface area contributed by atoms with Gasteiger partial charge >= 0.3 is 0 Å². The number of rotatable bonds is 6. The van der Waals surface area contributed by atoms with Gasteiger partial charge < -0.3 is 0 Å². The van der Waals surface area contributed by atoms with Crippen molar-refractivity contribution in [3.05, 3.63) is 191 Å². The molecule has 0 aromatic heterocycles. The van der Waals surface area contributed by atoms with Gasteiger partial charge in [-0.3, -0.25) is 0 Å². The van der Waals surface area contributed by atoms with Crippen LogP contribution in [0.5, 0.6) is 0 Å². The molecule has 0 fully saturated rings. The summed E-state index contributed by atoms with van der Waals surface area (Å²) in [6.07, 6.45) is 4.79. The largest absolute Gasteiger partial charge is 0.126 e. The van der Waals surface area contributed by atoms with Crippen LogP contribution in [-0.2, 0) is 37.0 Å². The summed E-state index contributed by atoms with van der Waals surface area (Å²) >= 11 is 0. The van der Waals surface area contributed by atoms with Gasteiger partial charge in [-0.2, -0.15) is 0 Å². The average molecular weight is 833 g/mol. The number of benzene rings is 7. The zero-order valence-electron chi connectivity index (χ0n) is 34.6. The molecule has 1 unspecified atom stereocenters. The summed E-state index contributed by atoms with van der Waals surface area (Å²) in [5.41, 5.74) is 11.6. The molecule has 0 nitrogen and oxygen atoms in total. The van der Waals surface area contributed by atoms with E-state index in [4.69, 9.17) is 0 Å². The van der Waals surface area contributed by atoms with E-state index in [-0.39, 0.29) is 43.0 Å². The van der Waals surface area contributed by atoms with E-state index in [1.165, 1.54) is 81.6 Å². The van der Waals surface area contributed by atoms with Crippen molar-refractivity contribution in [2.45, 2.75) is 78.1 Å². The summed E-state index contributed by atoms with van der Waals surface area (Å²) in [6.45, 7) is 16.4. The first-order valence-corrected chi connectivity index (χ1v) is 21.4.